The van der Waals surface area contributed by atoms with Gasteiger partial charge in [-0.3, -0.25) is 9.59 Å². The summed E-state index contributed by atoms with van der Waals surface area (Å²) in [7, 11) is 3.24. The molecule has 0 bridgehead atoms. The van der Waals surface area contributed by atoms with Crippen molar-refractivity contribution in [3.05, 3.63) is 114 Å². The SMILES string of the molecule is C=CCc1cc(F)cc(OC[C@H](NC(=O)c2cc(CC=C)cc(N(C)SC(C)C)c2)C(O)CC(OC)C(=O)Nc2ccc(F)cc2)c1. The maximum absolute atomic E-state index is 14.3. The number of benzene rings is 3. The number of hydrogen-bond donors (Lipinski definition) is 3. The molecule has 3 rings (SSSR count). The first-order valence-electron chi connectivity index (χ1n) is 15.2. The first-order chi connectivity index (χ1) is 22.4. The normalized spacial score (nSPS) is 12.9. The molecule has 0 aliphatic heterocycles. The van der Waals surface area contributed by atoms with E-state index in [-0.39, 0.29) is 18.8 Å². The quantitative estimate of drug-likeness (QED) is 0.105. The second-order valence-electron chi connectivity index (χ2n) is 11.2. The number of nitrogens with zero attached hydrogens (tertiary/aromatic N) is 1. The Hall–Kier alpha value is -4.19. The predicted octanol–water partition coefficient (Wildman–Crippen LogP) is 6.50. The highest BCUT2D eigenvalue weighted by Gasteiger charge is 2.30. The molecule has 0 heterocycles. The van der Waals surface area contributed by atoms with Crippen LogP contribution in [0.5, 0.6) is 5.75 Å². The first kappa shape index (κ1) is 37.3. The predicted molar refractivity (Wildman–Crippen MR) is 185 cm³/mol. The number of aliphatic hydroxyl groups is 1. The monoisotopic (exact) mass is 667 g/mol. The van der Waals surface area contributed by atoms with E-state index in [1.165, 1.54) is 43.5 Å². The summed E-state index contributed by atoms with van der Waals surface area (Å²) in [6.07, 6.45) is 1.65. The van der Waals surface area contributed by atoms with Crippen LogP contribution in [0.2, 0.25) is 0 Å². The lowest BCUT2D eigenvalue weighted by molar-refractivity contribution is -0.127. The van der Waals surface area contributed by atoms with E-state index in [2.05, 4.69) is 37.6 Å². The van der Waals surface area contributed by atoms with Crippen molar-refractivity contribution in [3.63, 3.8) is 0 Å². The van der Waals surface area contributed by atoms with E-state index >= 15 is 0 Å². The average molecular weight is 668 g/mol. The summed E-state index contributed by atoms with van der Waals surface area (Å²) in [5, 5.41) is 17.2. The number of aliphatic hydroxyl groups excluding tert-OH is 1. The van der Waals surface area contributed by atoms with Crippen molar-refractivity contribution in [2.75, 3.05) is 30.4 Å². The molecule has 0 saturated carbocycles. The Morgan fingerprint density at radius 3 is 2.26 bits per heavy atom. The van der Waals surface area contributed by atoms with Crippen molar-refractivity contribution in [1.82, 2.24) is 5.32 Å². The highest BCUT2D eigenvalue weighted by molar-refractivity contribution is 8.01. The lowest BCUT2D eigenvalue weighted by Crippen LogP contribution is -2.49. The number of anilines is 2. The Labute approximate surface area is 280 Å². The Balaban J connectivity index is 1.88. The Bertz CT molecular complexity index is 1520. The van der Waals surface area contributed by atoms with Crippen LogP contribution in [0.4, 0.5) is 20.2 Å². The highest BCUT2D eigenvalue weighted by atomic mass is 32.2. The molecule has 0 saturated heterocycles. The Kier molecular flexibility index (Phi) is 14.5. The summed E-state index contributed by atoms with van der Waals surface area (Å²) in [6, 6.07) is 13.9. The Morgan fingerprint density at radius 2 is 1.64 bits per heavy atom. The standard InChI is InChI=1S/C36H43F2N3O5S/c1-7-9-24-15-26(19-30(17-24)41(5)47-23(3)4)35(43)40-32(22-46-31-18-25(10-8-2)16-28(38)20-31)33(42)21-34(45-6)36(44)39-29-13-11-27(37)12-14-29/h7-8,11-20,23,32-34,42H,1-2,9-10,21-22H2,3-6H3,(H,39,44)(H,40,43)/t32-,33?,34?/m0/s1. The minimum absolute atomic E-state index is 0.202. The number of carbonyl (C=O) groups is 2. The van der Waals surface area contributed by atoms with Gasteiger partial charge in [-0.05, 0) is 90.5 Å². The fraction of sp³-hybridized carbons (Fsp3) is 0.333. The summed E-state index contributed by atoms with van der Waals surface area (Å²) in [5.74, 6) is -1.82. The largest absolute Gasteiger partial charge is 0.491 e. The molecular weight excluding hydrogens is 624 g/mol. The highest BCUT2D eigenvalue weighted by Crippen LogP contribution is 2.27. The Morgan fingerprint density at radius 1 is 0.979 bits per heavy atom. The van der Waals surface area contributed by atoms with E-state index in [4.69, 9.17) is 9.47 Å². The van der Waals surface area contributed by atoms with E-state index in [0.29, 0.717) is 34.9 Å². The van der Waals surface area contributed by atoms with Gasteiger partial charge in [0.25, 0.3) is 11.8 Å². The molecule has 0 aliphatic carbocycles. The zero-order chi connectivity index (χ0) is 34.5. The summed E-state index contributed by atoms with van der Waals surface area (Å²) in [6.45, 7) is 11.4. The van der Waals surface area contributed by atoms with Gasteiger partial charge in [-0.2, -0.15) is 0 Å². The molecule has 0 spiro atoms. The van der Waals surface area contributed by atoms with Crippen LogP contribution in [0.25, 0.3) is 0 Å². The number of allylic oxidation sites excluding steroid dienone is 2. The molecule has 0 radical (unpaired) electrons. The van der Waals surface area contributed by atoms with Crippen LogP contribution in [0.3, 0.4) is 0 Å². The molecule has 0 aliphatic rings. The molecule has 8 nitrogen and oxygen atoms in total. The summed E-state index contributed by atoms with van der Waals surface area (Å²) >= 11 is 1.61. The molecule has 3 N–H and O–H groups in total. The van der Waals surface area contributed by atoms with Crippen molar-refractivity contribution in [1.29, 1.82) is 0 Å². The van der Waals surface area contributed by atoms with Crippen molar-refractivity contribution >= 4 is 35.1 Å². The minimum Gasteiger partial charge on any atom is -0.491 e. The zero-order valence-corrected chi connectivity index (χ0v) is 28.0. The number of rotatable bonds is 18. The smallest absolute Gasteiger partial charge is 0.253 e. The van der Waals surface area contributed by atoms with Gasteiger partial charge >= 0.3 is 0 Å². The zero-order valence-electron chi connectivity index (χ0n) is 27.2. The maximum atomic E-state index is 14.3. The van der Waals surface area contributed by atoms with E-state index in [9.17, 15) is 23.5 Å². The molecule has 0 fully saturated rings. The van der Waals surface area contributed by atoms with Gasteiger partial charge in [0.2, 0.25) is 0 Å². The number of hydrogen-bond acceptors (Lipinski definition) is 7. The minimum atomic E-state index is -1.33. The molecule has 2 unspecified atom stereocenters. The van der Waals surface area contributed by atoms with Crippen molar-refractivity contribution in [2.45, 2.75) is 56.6 Å². The van der Waals surface area contributed by atoms with Gasteiger partial charge in [-0.15, -0.1) is 13.2 Å². The molecule has 2 amide bonds. The molecule has 3 aromatic rings. The van der Waals surface area contributed by atoms with Gasteiger partial charge in [0.15, 0.2) is 0 Å². The fourth-order valence-corrected chi connectivity index (χ4v) is 5.63. The lowest BCUT2D eigenvalue weighted by Gasteiger charge is -2.27. The number of nitrogens with one attached hydrogen (secondary N) is 2. The average Bonchev–Trinajstić information content (AvgIpc) is 3.02. The molecular formula is C36H43F2N3O5S. The van der Waals surface area contributed by atoms with Gasteiger partial charge in [-0.25, -0.2) is 8.78 Å². The first-order valence-corrected chi connectivity index (χ1v) is 16.0. The van der Waals surface area contributed by atoms with Gasteiger partial charge < -0.3 is 29.5 Å². The van der Waals surface area contributed by atoms with E-state index in [0.717, 1.165) is 11.3 Å². The van der Waals surface area contributed by atoms with Crippen LogP contribution in [-0.4, -0.2) is 61.2 Å². The third kappa shape index (κ3) is 11.8. The number of halogens is 2. The van der Waals surface area contributed by atoms with Crippen LogP contribution in [0, 0.1) is 11.6 Å². The molecule has 47 heavy (non-hydrogen) atoms. The van der Waals surface area contributed by atoms with Crippen molar-refractivity contribution in [3.8, 4) is 5.75 Å². The number of amides is 2. The summed E-state index contributed by atoms with van der Waals surface area (Å²) in [4.78, 5) is 26.7. The third-order valence-electron chi connectivity index (χ3n) is 7.02. The van der Waals surface area contributed by atoms with Crippen LogP contribution in [-0.2, 0) is 22.4 Å². The molecule has 0 aromatic heterocycles. The van der Waals surface area contributed by atoms with Crippen molar-refractivity contribution < 1.29 is 33.0 Å². The molecule has 11 heteroatoms. The van der Waals surface area contributed by atoms with Crippen LogP contribution >= 0.6 is 11.9 Å². The van der Waals surface area contributed by atoms with E-state index in [1.807, 2.05) is 17.4 Å². The third-order valence-corrected chi connectivity index (χ3v) is 7.97. The second-order valence-corrected chi connectivity index (χ2v) is 12.9. The van der Waals surface area contributed by atoms with E-state index < -0.39 is 41.7 Å². The van der Waals surface area contributed by atoms with Gasteiger partial charge in [-0.1, -0.05) is 26.0 Å². The fourth-order valence-electron chi connectivity index (χ4n) is 4.77. The van der Waals surface area contributed by atoms with Crippen LogP contribution < -0.4 is 19.7 Å². The summed E-state index contributed by atoms with van der Waals surface area (Å²) < 4.78 is 40.9. The lowest BCUT2D eigenvalue weighted by atomic mass is 10.0. The van der Waals surface area contributed by atoms with E-state index in [1.54, 1.807) is 42.3 Å². The molecule has 252 valence electrons. The molecule has 3 atom stereocenters. The number of carbonyl (C=O) groups excluding carboxylic acids is 2. The second kappa shape index (κ2) is 18.2. The maximum Gasteiger partial charge on any atom is 0.253 e. The van der Waals surface area contributed by atoms with Crippen LogP contribution in [0.1, 0.15) is 41.8 Å². The van der Waals surface area contributed by atoms with Gasteiger partial charge in [0.1, 0.15) is 30.1 Å². The van der Waals surface area contributed by atoms with Gasteiger partial charge in [0.05, 0.1) is 12.1 Å². The van der Waals surface area contributed by atoms with Crippen molar-refractivity contribution in [2.24, 2.45) is 0 Å². The molecule has 3 aromatic carbocycles. The van der Waals surface area contributed by atoms with Gasteiger partial charge in [0, 0.05) is 48.8 Å². The van der Waals surface area contributed by atoms with Crippen LogP contribution in [0.15, 0.2) is 86.0 Å². The topological polar surface area (TPSA) is 100 Å². The number of methoxy groups -OCH3 is 1. The summed E-state index contributed by atoms with van der Waals surface area (Å²) in [5.41, 5.74) is 3.03. The number of ether oxygens (including phenoxy) is 2.